The summed E-state index contributed by atoms with van der Waals surface area (Å²) in [5.74, 6) is -0.0904. The topological polar surface area (TPSA) is 112 Å². The van der Waals surface area contributed by atoms with Crippen molar-refractivity contribution < 1.29 is 38.7 Å². The molecule has 0 unspecified atom stereocenters. The lowest BCUT2D eigenvalue weighted by atomic mass is 9.42. The monoisotopic (exact) mass is 546 g/mol. The summed E-state index contributed by atoms with van der Waals surface area (Å²) < 4.78 is 24.3. The first-order valence-electron chi connectivity index (χ1n) is 15.0. The van der Waals surface area contributed by atoms with Crippen LogP contribution in [0, 0.1) is 40.4 Å². The van der Waals surface area contributed by atoms with Gasteiger partial charge in [-0.3, -0.25) is 9.59 Å². The normalized spacial score (nSPS) is 54.3. The van der Waals surface area contributed by atoms with Gasteiger partial charge in [-0.2, -0.15) is 0 Å². The number of fused-ring (bicyclic) bond motifs is 7. The van der Waals surface area contributed by atoms with Crippen LogP contribution in [0.3, 0.4) is 0 Å². The Bertz CT molecular complexity index is 1050. The summed E-state index contributed by atoms with van der Waals surface area (Å²) >= 11 is 0. The predicted octanol–water partition coefficient (Wildman–Crippen LogP) is 3.91. The van der Waals surface area contributed by atoms with Crippen LogP contribution in [0.1, 0.15) is 86.0 Å². The van der Waals surface area contributed by atoms with E-state index in [4.69, 9.17) is 18.9 Å². The third kappa shape index (κ3) is 3.76. The smallest absolute Gasteiger partial charge is 0.303 e. The molecule has 8 nitrogen and oxygen atoms in total. The Labute approximate surface area is 231 Å². The largest absolute Gasteiger partial charge is 0.458 e. The zero-order chi connectivity index (χ0) is 28.1. The summed E-state index contributed by atoms with van der Waals surface area (Å²) in [4.78, 5) is 23.9. The van der Waals surface area contributed by atoms with Crippen LogP contribution < -0.4 is 0 Å². The molecule has 0 radical (unpaired) electrons. The second-order valence-corrected chi connectivity index (χ2v) is 14.2. The predicted molar refractivity (Wildman–Crippen MR) is 141 cm³/mol. The summed E-state index contributed by atoms with van der Waals surface area (Å²) in [6, 6.07) is 0. The molecule has 2 aliphatic heterocycles. The number of aliphatic hydroxyl groups excluding tert-OH is 1. The van der Waals surface area contributed by atoms with Gasteiger partial charge in [-0.25, -0.2) is 0 Å². The molecule has 6 rings (SSSR count). The highest BCUT2D eigenvalue weighted by Crippen LogP contribution is 2.72. The lowest BCUT2D eigenvalue weighted by Gasteiger charge is -2.66. The van der Waals surface area contributed by atoms with Gasteiger partial charge in [-0.1, -0.05) is 32.9 Å². The molecule has 0 amide bonds. The summed E-state index contributed by atoms with van der Waals surface area (Å²) in [7, 11) is 0. The van der Waals surface area contributed by atoms with Gasteiger partial charge >= 0.3 is 11.9 Å². The van der Waals surface area contributed by atoms with Crippen molar-refractivity contribution >= 4 is 11.9 Å². The maximum atomic E-state index is 12.2. The van der Waals surface area contributed by atoms with Crippen LogP contribution in [-0.2, 0) is 28.5 Å². The molecule has 2 N–H and O–H groups in total. The molecule has 13 atom stereocenters. The molecule has 8 heteroatoms. The van der Waals surface area contributed by atoms with Gasteiger partial charge in [0.1, 0.15) is 12.2 Å². The minimum absolute atomic E-state index is 0.0537. The number of aliphatic hydroxyl groups is 2. The summed E-state index contributed by atoms with van der Waals surface area (Å²) in [6.45, 7) is 14.0. The van der Waals surface area contributed by atoms with E-state index in [1.165, 1.54) is 13.8 Å². The van der Waals surface area contributed by atoms with Crippen LogP contribution in [0.15, 0.2) is 12.2 Å². The average Bonchev–Trinajstić information content (AvgIpc) is 3.30. The lowest BCUT2D eigenvalue weighted by molar-refractivity contribution is -0.292. The molecule has 6 aliphatic rings. The third-order valence-electron chi connectivity index (χ3n) is 12.6. The Morgan fingerprint density at radius 3 is 2.41 bits per heavy atom. The number of hydrogen-bond acceptors (Lipinski definition) is 8. The minimum Gasteiger partial charge on any atom is -0.458 e. The molecule has 2 saturated heterocycles. The van der Waals surface area contributed by atoms with Crippen LogP contribution >= 0.6 is 0 Å². The van der Waals surface area contributed by atoms with Gasteiger partial charge in [-0.05, 0) is 67.6 Å². The van der Waals surface area contributed by atoms with Crippen molar-refractivity contribution in [1.29, 1.82) is 0 Å². The summed E-state index contributed by atoms with van der Waals surface area (Å²) in [5, 5.41) is 24.0. The standard InChI is InChI=1S/C31H46O8/c1-16-7-12-31(36-15-16)17(2)25-23(39-31)13-22-20-8-11-30(35)14-24(37-18(3)32)26(38-19(4)33)27(34)29(30,6)21(20)9-10-28(22,25)5/h17,20-27,34-35H,1,7-15H2,2-6H3/t17-,20+,21-,22-,23-,24+,25-,26+,27+,28-,29-,30-,31+/m0/s1. The molecule has 0 aromatic heterocycles. The van der Waals surface area contributed by atoms with Crippen LogP contribution in [-0.4, -0.2) is 64.6 Å². The molecule has 2 heterocycles. The number of rotatable bonds is 2. The molecule has 4 saturated carbocycles. The fourth-order valence-corrected chi connectivity index (χ4v) is 10.8. The third-order valence-corrected chi connectivity index (χ3v) is 12.6. The maximum absolute atomic E-state index is 12.2. The van der Waals surface area contributed by atoms with E-state index < -0.39 is 47.1 Å². The van der Waals surface area contributed by atoms with Crippen LogP contribution in [0.2, 0.25) is 0 Å². The quantitative estimate of drug-likeness (QED) is 0.396. The van der Waals surface area contributed by atoms with E-state index >= 15 is 0 Å². The van der Waals surface area contributed by atoms with E-state index in [2.05, 4.69) is 20.4 Å². The highest BCUT2D eigenvalue weighted by atomic mass is 16.7. The van der Waals surface area contributed by atoms with Crippen molar-refractivity contribution in [2.24, 2.45) is 40.4 Å². The van der Waals surface area contributed by atoms with Gasteiger partial charge in [0.05, 0.1) is 18.3 Å². The van der Waals surface area contributed by atoms with E-state index in [9.17, 15) is 19.8 Å². The van der Waals surface area contributed by atoms with E-state index in [1.54, 1.807) is 0 Å². The molecular formula is C31H46O8. The second kappa shape index (κ2) is 9.01. The Kier molecular flexibility index (Phi) is 6.39. The molecule has 6 fully saturated rings. The summed E-state index contributed by atoms with van der Waals surface area (Å²) in [5.41, 5.74) is -0.895. The Balaban J connectivity index is 1.29. The van der Waals surface area contributed by atoms with Crippen molar-refractivity contribution in [2.45, 2.75) is 122 Å². The maximum Gasteiger partial charge on any atom is 0.303 e. The van der Waals surface area contributed by atoms with Gasteiger partial charge in [0.2, 0.25) is 0 Å². The zero-order valence-corrected chi connectivity index (χ0v) is 24.1. The summed E-state index contributed by atoms with van der Waals surface area (Å²) in [6.07, 6.45) is 3.26. The first-order chi connectivity index (χ1) is 18.3. The van der Waals surface area contributed by atoms with Gasteiger partial charge in [0.15, 0.2) is 11.9 Å². The molecule has 0 aromatic carbocycles. The molecule has 1 spiro atoms. The van der Waals surface area contributed by atoms with E-state index in [0.29, 0.717) is 30.8 Å². The Morgan fingerprint density at radius 1 is 1.05 bits per heavy atom. The van der Waals surface area contributed by atoms with E-state index in [0.717, 1.165) is 44.1 Å². The van der Waals surface area contributed by atoms with E-state index in [-0.39, 0.29) is 29.8 Å². The first-order valence-corrected chi connectivity index (χ1v) is 15.0. The Hall–Kier alpha value is -1.48. The molecule has 4 aliphatic carbocycles. The van der Waals surface area contributed by atoms with E-state index in [1.807, 2.05) is 6.92 Å². The lowest BCUT2D eigenvalue weighted by Crippen LogP contribution is -2.72. The fraction of sp³-hybridized carbons (Fsp3) is 0.871. The van der Waals surface area contributed by atoms with Gasteiger partial charge in [0.25, 0.3) is 0 Å². The van der Waals surface area contributed by atoms with Crippen molar-refractivity contribution in [3.63, 3.8) is 0 Å². The second-order valence-electron chi connectivity index (χ2n) is 14.2. The Morgan fingerprint density at radius 2 is 1.77 bits per heavy atom. The number of ether oxygens (including phenoxy) is 4. The molecule has 218 valence electrons. The van der Waals surface area contributed by atoms with Gasteiger partial charge in [-0.15, -0.1) is 0 Å². The minimum atomic E-state index is -1.22. The average molecular weight is 547 g/mol. The van der Waals surface area contributed by atoms with Crippen molar-refractivity contribution in [3.8, 4) is 0 Å². The fourth-order valence-electron chi connectivity index (χ4n) is 10.8. The number of esters is 2. The highest BCUT2D eigenvalue weighted by molar-refractivity contribution is 5.67. The number of hydrogen-bond donors (Lipinski definition) is 2. The van der Waals surface area contributed by atoms with Crippen molar-refractivity contribution in [2.75, 3.05) is 6.61 Å². The van der Waals surface area contributed by atoms with Crippen molar-refractivity contribution in [3.05, 3.63) is 12.2 Å². The van der Waals surface area contributed by atoms with Gasteiger partial charge in [0, 0.05) is 38.0 Å². The van der Waals surface area contributed by atoms with Gasteiger partial charge < -0.3 is 29.2 Å². The van der Waals surface area contributed by atoms with Crippen molar-refractivity contribution in [1.82, 2.24) is 0 Å². The van der Waals surface area contributed by atoms with Crippen LogP contribution in [0.4, 0.5) is 0 Å². The van der Waals surface area contributed by atoms with Crippen LogP contribution in [0.25, 0.3) is 0 Å². The SMILES string of the molecule is C=C1CC[C@@]2(OC1)O[C@H]1C[C@H]3[C@@H]4CC[C@]5(O)C[C@@H](OC(C)=O)[C@@H](OC(C)=O)[C@@H](O)[C@]5(C)[C@H]4CC[C@]3(C)[C@H]1[C@@H]2C. The first kappa shape index (κ1) is 27.7. The molecule has 0 bridgehead atoms. The highest BCUT2D eigenvalue weighted by Gasteiger charge is 2.73. The molecule has 39 heavy (non-hydrogen) atoms. The molecule has 0 aromatic rings. The zero-order valence-electron chi connectivity index (χ0n) is 24.1. The number of carbonyl (C=O) groups is 2. The van der Waals surface area contributed by atoms with Crippen LogP contribution in [0.5, 0.6) is 0 Å². The number of carbonyl (C=O) groups excluding carboxylic acids is 2. The molecular weight excluding hydrogens is 500 g/mol.